The van der Waals surface area contributed by atoms with Crippen molar-refractivity contribution in [1.29, 1.82) is 0 Å². The van der Waals surface area contributed by atoms with Gasteiger partial charge in [0.1, 0.15) is 11.6 Å². The van der Waals surface area contributed by atoms with Gasteiger partial charge in [-0.15, -0.1) is 11.3 Å². The van der Waals surface area contributed by atoms with E-state index in [0.29, 0.717) is 29.0 Å². The smallest absolute Gasteiger partial charge is 0.408 e. The highest BCUT2D eigenvalue weighted by Crippen LogP contribution is 2.21. The summed E-state index contributed by atoms with van der Waals surface area (Å²) in [6.07, 6.45) is -0.722. The third-order valence-electron chi connectivity index (χ3n) is 3.90. The third-order valence-corrected chi connectivity index (χ3v) is 5.13. The first-order chi connectivity index (χ1) is 13.1. The van der Waals surface area contributed by atoms with E-state index in [2.05, 4.69) is 10.6 Å². The zero-order valence-corrected chi connectivity index (χ0v) is 18.0. The van der Waals surface area contributed by atoms with Gasteiger partial charge in [-0.1, -0.05) is 11.6 Å². The molecule has 156 valence electrons. The van der Waals surface area contributed by atoms with Gasteiger partial charge in [0.15, 0.2) is 0 Å². The second-order valence-corrected chi connectivity index (χ2v) is 9.18. The molecule has 1 saturated heterocycles. The molecule has 2 N–H and O–H groups in total. The Balaban J connectivity index is 2.07. The number of ether oxygens (including phenoxy) is 2. The number of hydrogen-bond acceptors (Lipinski definition) is 6. The number of rotatable bonds is 5. The predicted octanol–water partition coefficient (Wildman–Crippen LogP) is 2.27. The van der Waals surface area contributed by atoms with Crippen LogP contribution in [0.3, 0.4) is 0 Å². The molecule has 0 unspecified atom stereocenters. The lowest BCUT2D eigenvalue weighted by Gasteiger charge is -2.36. The molecule has 2 atom stereocenters. The lowest BCUT2D eigenvalue weighted by atomic mass is 10.1. The van der Waals surface area contributed by atoms with Crippen molar-refractivity contribution in [3.05, 3.63) is 21.3 Å². The molecule has 2 heterocycles. The van der Waals surface area contributed by atoms with E-state index in [1.807, 2.05) is 6.92 Å². The Labute approximate surface area is 173 Å². The van der Waals surface area contributed by atoms with Crippen molar-refractivity contribution in [3.63, 3.8) is 0 Å². The van der Waals surface area contributed by atoms with Crippen LogP contribution in [0.4, 0.5) is 4.79 Å². The number of carbonyl (C=O) groups excluding carboxylic acids is 3. The van der Waals surface area contributed by atoms with Gasteiger partial charge in [-0.2, -0.15) is 0 Å². The first-order valence-electron chi connectivity index (χ1n) is 8.98. The van der Waals surface area contributed by atoms with Gasteiger partial charge in [-0.25, -0.2) is 4.79 Å². The first kappa shape index (κ1) is 22.4. The third kappa shape index (κ3) is 6.65. The molecule has 0 bridgehead atoms. The normalized spacial score (nSPS) is 18.3. The summed E-state index contributed by atoms with van der Waals surface area (Å²) in [7, 11) is 0. The summed E-state index contributed by atoms with van der Waals surface area (Å²) in [5.74, 6) is -0.665. The van der Waals surface area contributed by atoms with Gasteiger partial charge in [-0.3, -0.25) is 9.59 Å². The molecule has 8 nitrogen and oxygen atoms in total. The molecule has 0 spiro atoms. The zero-order valence-electron chi connectivity index (χ0n) is 16.4. The van der Waals surface area contributed by atoms with Crippen LogP contribution in [0.2, 0.25) is 4.34 Å². The fourth-order valence-electron chi connectivity index (χ4n) is 2.62. The summed E-state index contributed by atoms with van der Waals surface area (Å²) in [6, 6.07) is 2.13. The van der Waals surface area contributed by atoms with Crippen molar-refractivity contribution in [1.82, 2.24) is 15.5 Å². The second-order valence-electron chi connectivity index (χ2n) is 7.47. The SMILES string of the molecule is C[C@H]1COCCN1C(=O)[C@H](CNC(=O)c1ccc(Cl)s1)NC(=O)OC(C)(C)C. The minimum absolute atomic E-state index is 0.0729. The lowest BCUT2D eigenvalue weighted by Crippen LogP contribution is -2.58. The predicted molar refractivity (Wildman–Crippen MR) is 107 cm³/mol. The number of hydrogen-bond donors (Lipinski definition) is 2. The molecule has 1 aliphatic heterocycles. The fraction of sp³-hybridized carbons (Fsp3) is 0.611. The van der Waals surface area contributed by atoms with Crippen LogP contribution >= 0.6 is 22.9 Å². The highest BCUT2D eigenvalue weighted by atomic mass is 35.5. The van der Waals surface area contributed by atoms with Gasteiger partial charge in [-0.05, 0) is 39.8 Å². The van der Waals surface area contributed by atoms with Crippen LogP contribution in [0.5, 0.6) is 0 Å². The van der Waals surface area contributed by atoms with Crippen molar-refractivity contribution in [2.75, 3.05) is 26.3 Å². The maximum atomic E-state index is 13.0. The Hall–Kier alpha value is -1.84. The number of thiophene rings is 1. The van der Waals surface area contributed by atoms with E-state index in [4.69, 9.17) is 21.1 Å². The topological polar surface area (TPSA) is 97.0 Å². The van der Waals surface area contributed by atoms with Crippen LogP contribution in [0, 0.1) is 0 Å². The van der Waals surface area contributed by atoms with E-state index in [9.17, 15) is 14.4 Å². The minimum atomic E-state index is -0.963. The van der Waals surface area contributed by atoms with Crippen LogP contribution in [-0.4, -0.2) is 66.8 Å². The first-order valence-corrected chi connectivity index (χ1v) is 10.2. The largest absolute Gasteiger partial charge is 0.444 e. The second kappa shape index (κ2) is 9.58. The van der Waals surface area contributed by atoms with Gasteiger partial charge < -0.3 is 25.0 Å². The number of morpholine rings is 1. The van der Waals surface area contributed by atoms with Crippen molar-refractivity contribution in [2.45, 2.75) is 45.4 Å². The summed E-state index contributed by atoms with van der Waals surface area (Å²) >= 11 is 6.99. The van der Waals surface area contributed by atoms with E-state index < -0.39 is 17.7 Å². The molecule has 0 radical (unpaired) electrons. The molecule has 10 heteroatoms. The molecule has 28 heavy (non-hydrogen) atoms. The molecule has 0 aliphatic carbocycles. The Morgan fingerprint density at radius 1 is 1.39 bits per heavy atom. The number of alkyl carbamates (subject to hydrolysis) is 1. The molecule has 1 fully saturated rings. The Morgan fingerprint density at radius 2 is 2.11 bits per heavy atom. The molecule has 1 aromatic rings. The highest BCUT2D eigenvalue weighted by Gasteiger charge is 2.32. The lowest BCUT2D eigenvalue weighted by molar-refractivity contribution is -0.141. The number of amides is 3. The minimum Gasteiger partial charge on any atom is -0.444 e. The summed E-state index contributed by atoms with van der Waals surface area (Å²) in [5, 5.41) is 5.25. The van der Waals surface area contributed by atoms with Crippen LogP contribution in [0.25, 0.3) is 0 Å². The van der Waals surface area contributed by atoms with Crippen LogP contribution < -0.4 is 10.6 Å². The van der Waals surface area contributed by atoms with Crippen molar-refractivity contribution >= 4 is 40.8 Å². The monoisotopic (exact) mass is 431 g/mol. The standard InChI is InChI=1S/C18H26ClN3O5S/c1-11-10-26-8-7-22(11)16(24)12(21-17(25)27-18(2,3)4)9-20-15(23)13-5-6-14(19)28-13/h5-6,11-12H,7-10H2,1-4H3,(H,20,23)(H,21,25)/t11-,12-/m0/s1. The number of nitrogens with zero attached hydrogens (tertiary/aromatic N) is 1. The molecule has 1 aliphatic rings. The summed E-state index contributed by atoms with van der Waals surface area (Å²) in [5.41, 5.74) is -0.707. The van der Waals surface area contributed by atoms with Gasteiger partial charge in [0.25, 0.3) is 5.91 Å². The maximum Gasteiger partial charge on any atom is 0.408 e. The Morgan fingerprint density at radius 3 is 2.68 bits per heavy atom. The van der Waals surface area contributed by atoms with Crippen LogP contribution in [-0.2, 0) is 14.3 Å². The molecule has 0 aromatic carbocycles. The van der Waals surface area contributed by atoms with Gasteiger partial charge in [0, 0.05) is 13.1 Å². The summed E-state index contributed by atoms with van der Waals surface area (Å²) < 4.78 is 11.1. The van der Waals surface area contributed by atoms with E-state index in [1.54, 1.807) is 37.8 Å². The Bertz CT molecular complexity index is 718. The van der Waals surface area contributed by atoms with Crippen molar-refractivity contribution < 1.29 is 23.9 Å². The van der Waals surface area contributed by atoms with E-state index >= 15 is 0 Å². The van der Waals surface area contributed by atoms with E-state index in [0.717, 1.165) is 11.3 Å². The maximum absolute atomic E-state index is 13.0. The van der Waals surface area contributed by atoms with Crippen molar-refractivity contribution in [3.8, 4) is 0 Å². The zero-order chi connectivity index (χ0) is 20.9. The van der Waals surface area contributed by atoms with Gasteiger partial charge in [0.2, 0.25) is 5.91 Å². The quantitative estimate of drug-likeness (QED) is 0.745. The molecular weight excluding hydrogens is 406 g/mol. The van der Waals surface area contributed by atoms with Crippen molar-refractivity contribution in [2.24, 2.45) is 0 Å². The molecule has 3 amide bonds. The molecule has 1 aromatic heterocycles. The summed E-state index contributed by atoms with van der Waals surface area (Å²) in [6.45, 7) is 8.26. The van der Waals surface area contributed by atoms with Crippen LogP contribution in [0.1, 0.15) is 37.4 Å². The molecular formula is C18H26ClN3O5S. The molecule has 0 saturated carbocycles. The van der Waals surface area contributed by atoms with Gasteiger partial charge >= 0.3 is 6.09 Å². The van der Waals surface area contributed by atoms with Crippen LogP contribution in [0.15, 0.2) is 12.1 Å². The average molecular weight is 432 g/mol. The van der Waals surface area contributed by atoms with Gasteiger partial charge in [0.05, 0.1) is 28.5 Å². The fourth-order valence-corrected chi connectivity index (χ4v) is 3.58. The molecule has 2 rings (SSSR count). The van der Waals surface area contributed by atoms with E-state index in [1.165, 1.54) is 0 Å². The Kier molecular flexibility index (Phi) is 7.68. The highest BCUT2D eigenvalue weighted by molar-refractivity contribution is 7.17. The van der Waals surface area contributed by atoms with E-state index in [-0.39, 0.29) is 24.4 Å². The number of nitrogens with one attached hydrogen (secondary N) is 2. The average Bonchev–Trinajstić information content (AvgIpc) is 3.03. The summed E-state index contributed by atoms with van der Waals surface area (Å²) in [4.78, 5) is 39.5. The number of halogens is 1. The number of carbonyl (C=O) groups is 3.